The fraction of sp³-hybridized carbons (Fsp3) is 0.429. The number of imide groups is 1. The molecule has 0 aromatic heterocycles. The first-order chi connectivity index (χ1) is 9.11. The third kappa shape index (κ3) is 3.29. The Morgan fingerprint density at radius 3 is 2.58 bits per heavy atom. The summed E-state index contributed by atoms with van der Waals surface area (Å²) in [6.45, 7) is 4.57. The van der Waals surface area contributed by atoms with Crippen molar-refractivity contribution >= 4 is 28.6 Å². The van der Waals surface area contributed by atoms with Crippen LogP contribution in [0.25, 0.3) is 0 Å². The molecule has 1 atom stereocenters. The molecule has 1 aromatic rings. The van der Waals surface area contributed by atoms with Crippen LogP contribution in [0.1, 0.15) is 25.3 Å². The summed E-state index contributed by atoms with van der Waals surface area (Å²) in [5.74, 6) is -0.135. The number of unbranched alkanes of at least 4 members (excludes halogenated alkanes) is 1. The zero-order valence-electron chi connectivity index (χ0n) is 11.2. The number of anilines is 1. The van der Waals surface area contributed by atoms with E-state index in [0.717, 1.165) is 35.9 Å². The van der Waals surface area contributed by atoms with Gasteiger partial charge in [0.1, 0.15) is 0 Å². The highest BCUT2D eigenvalue weighted by Crippen LogP contribution is 2.28. The van der Waals surface area contributed by atoms with Crippen LogP contribution in [0.3, 0.4) is 0 Å². The molecule has 1 saturated heterocycles. The molecule has 5 heteroatoms. The van der Waals surface area contributed by atoms with Crippen LogP contribution in [0, 0.1) is 6.92 Å². The zero-order valence-corrected chi connectivity index (χ0v) is 12.0. The van der Waals surface area contributed by atoms with Gasteiger partial charge in [0, 0.05) is 12.2 Å². The van der Waals surface area contributed by atoms with E-state index in [1.165, 1.54) is 4.90 Å². The van der Waals surface area contributed by atoms with Crippen molar-refractivity contribution in [2.24, 2.45) is 0 Å². The summed E-state index contributed by atoms with van der Waals surface area (Å²) < 4.78 is 0. The average molecular weight is 278 g/mol. The Bertz CT molecular complexity index is 473. The minimum absolute atomic E-state index is 0.135. The molecule has 2 rings (SSSR count). The van der Waals surface area contributed by atoms with E-state index >= 15 is 0 Å². The molecule has 0 unspecified atom stereocenters. The average Bonchev–Trinajstić information content (AvgIpc) is 2.65. The SMILES string of the molecule is CCCCN1C(=O)S[C@@H](Nc2ccc(C)cc2)C1=O. The van der Waals surface area contributed by atoms with Gasteiger partial charge in [0.05, 0.1) is 0 Å². The highest BCUT2D eigenvalue weighted by molar-refractivity contribution is 8.15. The Morgan fingerprint density at radius 1 is 1.26 bits per heavy atom. The highest BCUT2D eigenvalue weighted by Gasteiger charge is 2.39. The predicted octanol–water partition coefficient (Wildman–Crippen LogP) is 3.23. The Balaban J connectivity index is 2.00. The lowest BCUT2D eigenvalue weighted by molar-refractivity contribution is -0.126. The summed E-state index contributed by atoms with van der Waals surface area (Å²) in [5, 5.41) is 2.46. The van der Waals surface area contributed by atoms with E-state index in [0.29, 0.717) is 6.54 Å². The minimum Gasteiger partial charge on any atom is -0.365 e. The van der Waals surface area contributed by atoms with Crippen molar-refractivity contribution in [3.8, 4) is 0 Å². The zero-order chi connectivity index (χ0) is 13.8. The molecule has 1 aromatic carbocycles. The third-order valence-corrected chi connectivity index (χ3v) is 3.99. The number of hydrogen-bond acceptors (Lipinski definition) is 4. The quantitative estimate of drug-likeness (QED) is 0.898. The van der Waals surface area contributed by atoms with Gasteiger partial charge >= 0.3 is 0 Å². The van der Waals surface area contributed by atoms with E-state index in [1.54, 1.807) is 0 Å². The Kier molecular flexibility index (Phi) is 4.47. The monoisotopic (exact) mass is 278 g/mol. The predicted molar refractivity (Wildman–Crippen MR) is 78.2 cm³/mol. The largest absolute Gasteiger partial charge is 0.365 e. The molecule has 1 N–H and O–H groups in total. The number of nitrogens with one attached hydrogen (secondary N) is 1. The van der Waals surface area contributed by atoms with Gasteiger partial charge in [0.25, 0.3) is 11.1 Å². The fourth-order valence-corrected chi connectivity index (χ4v) is 2.79. The van der Waals surface area contributed by atoms with Crippen LogP contribution in [0.15, 0.2) is 24.3 Å². The van der Waals surface area contributed by atoms with Crippen molar-refractivity contribution < 1.29 is 9.59 Å². The van der Waals surface area contributed by atoms with Crippen molar-refractivity contribution in [2.75, 3.05) is 11.9 Å². The van der Waals surface area contributed by atoms with Crippen LogP contribution < -0.4 is 5.32 Å². The van der Waals surface area contributed by atoms with Gasteiger partial charge in [-0.3, -0.25) is 14.5 Å². The lowest BCUT2D eigenvalue weighted by atomic mass is 10.2. The Labute approximate surface area is 117 Å². The standard InChI is InChI=1S/C14H18N2O2S/c1-3-4-9-16-13(17)12(19-14(16)18)15-11-7-5-10(2)6-8-11/h5-8,12,15H,3-4,9H2,1-2H3/t12-/m1/s1. The molecule has 19 heavy (non-hydrogen) atoms. The third-order valence-electron chi connectivity index (χ3n) is 3.01. The molecule has 0 saturated carbocycles. The topological polar surface area (TPSA) is 49.4 Å². The van der Waals surface area contributed by atoms with E-state index in [9.17, 15) is 9.59 Å². The van der Waals surface area contributed by atoms with Crippen LogP contribution >= 0.6 is 11.8 Å². The van der Waals surface area contributed by atoms with Gasteiger partial charge < -0.3 is 5.32 Å². The number of nitrogens with zero attached hydrogens (tertiary/aromatic N) is 1. The second-order valence-electron chi connectivity index (χ2n) is 4.62. The number of benzene rings is 1. The van der Waals surface area contributed by atoms with Crippen molar-refractivity contribution in [1.82, 2.24) is 4.90 Å². The lowest BCUT2D eigenvalue weighted by Gasteiger charge is -2.14. The Morgan fingerprint density at radius 2 is 1.95 bits per heavy atom. The number of thioether (sulfide) groups is 1. The second kappa shape index (κ2) is 6.10. The molecule has 0 aliphatic carbocycles. The van der Waals surface area contributed by atoms with Gasteiger partial charge in [0.15, 0.2) is 5.37 Å². The second-order valence-corrected chi connectivity index (χ2v) is 5.67. The number of aryl methyl sites for hydroxylation is 1. The molecule has 1 heterocycles. The highest BCUT2D eigenvalue weighted by atomic mass is 32.2. The number of hydrogen-bond donors (Lipinski definition) is 1. The maximum atomic E-state index is 12.1. The molecule has 0 radical (unpaired) electrons. The maximum absolute atomic E-state index is 12.1. The molecular formula is C14H18N2O2S. The molecular weight excluding hydrogens is 260 g/mol. The molecule has 102 valence electrons. The summed E-state index contributed by atoms with van der Waals surface area (Å²) in [6, 6.07) is 7.79. The molecule has 1 aliphatic heterocycles. The Hall–Kier alpha value is -1.49. The summed E-state index contributed by atoms with van der Waals surface area (Å²) in [6.07, 6.45) is 1.83. The number of amides is 2. The number of carbonyl (C=O) groups is 2. The van der Waals surface area contributed by atoms with Gasteiger partial charge in [-0.15, -0.1) is 0 Å². The van der Waals surface area contributed by atoms with E-state index < -0.39 is 5.37 Å². The van der Waals surface area contributed by atoms with Gasteiger partial charge in [-0.2, -0.15) is 0 Å². The summed E-state index contributed by atoms with van der Waals surface area (Å²) in [5.41, 5.74) is 2.03. The first kappa shape index (κ1) is 13.9. The molecule has 1 fully saturated rings. The van der Waals surface area contributed by atoms with Crippen LogP contribution in [-0.2, 0) is 4.79 Å². The lowest BCUT2D eigenvalue weighted by Crippen LogP contribution is -2.35. The van der Waals surface area contributed by atoms with E-state index in [4.69, 9.17) is 0 Å². The smallest absolute Gasteiger partial charge is 0.290 e. The summed E-state index contributed by atoms with van der Waals surface area (Å²) in [4.78, 5) is 25.2. The summed E-state index contributed by atoms with van der Waals surface area (Å²) in [7, 11) is 0. The first-order valence-electron chi connectivity index (χ1n) is 6.47. The van der Waals surface area contributed by atoms with Gasteiger partial charge in [-0.1, -0.05) is 31.0 Å². The number of rotatable bonds is 5. The summed E-state index contributed by atoms with van der Waals surface area (Å²) >= 11 is 1.06. The molecule has 0 spiro atoms. The van der Waals surface area contributed by atoms with Crippen molar-refractivity contribution in [2.45, 2.75) is 32.1 Å². The maximum Gasteiger partial charge on any atom is 0.290 e. The van der Waals surface area contributed by atoms with Crippen molar-refractivity contribution in [1.29, 1.82) is 0 Å². The van der Waals surface area contributed by atoms with E-state index in [-0.39, 0.29) is 11.1 Å². The van der Waals surface area contributed by atoms with Crippen LogP contribution in [0.5, 0.6) is 0 Å². The normalized spacial score (nSPS) is 19.1. The van der Waals surface area contributed by atoms with Gasteiger partial charge in [0.2, 0.25) is 0 Å². The van der Waals surface area contributed by atoms with Gasteiger partial charge in [-0.25, -0.2) is 0 Å². The van der Waals surface area contributed by atoms with Crippen LogP contribution in [0.4, 0.5) is 10.5 Å². The van der Waals surface area contributed by atoms with Crippen molar-refractivity contribution in [3.05, 3.63) is 29.8 Å². The number of carbonyl (C=O) groups excluding carboxylic acids is 2. The minimum atomic E-state index is -0.493. The first-order valence-corrected chi connectivity index (χ1v) is 7.35. The van der Waals surface area contributed by atoms with E-state index in [2.05, 4.69) is 5.32 Å². The van der Waals surface area contributed by atoms with Gasteiger partial charge in [-0.05, 0) is 37.2 Å². The molecule has 4 nitrogen and oxygen atoms in total. The molecule has 1 aliphatic rings. The fourth-order valence-electron chi connectivity index (χ4n) is 1.86. The molecule has 0 bridgehead atoms. The van der Waals surface area contributed by atoms with Crippen LogP contribution in [-0.4, -0.2) is 28.0 Å². The van der Waals surface area contributed by atoms with Crippen molar-refractivity contribution in [3.63, 3.8) is 0 Å². The van der Waals surface area contributed by atoms with E-state index in [1.807, 2.05) is 38.1 Å². The van der Waals surface area contributed by atoms with Crippen LogP contribution in [0.2, 0.25) is 0 Å². The molecule has 2 amide bonds.